The molecular formula is C26H44O2. The molecule has 0 heterocycles. The average molecular weight is 389 g/mol. The highest BCUT2D eigenvalue weighted by Crippen LogP contribution is 2.39. The number of aliphatic hydroxyl groups is 1. The van der Waals surface area contributed by atoms with Crippen molar-refractivity contribution in [2.24, 2.45) is 11.8 Å². The molecule has 0 saturated heterocycles. The van der Waals surface area contributed by atoms with Crippen LogP contribution in [0.2, 0.25) is 0 Å². The lowest BCUT2D eigenvalue weighted by atomic mass is 9.96. The Kier molecular flexibility index (Phi) is 12.6. The SMILES string of the molecule is CCCCCCCCC(CCCCCC(CO)C1CC1)OCc1ccccc1. The van der Waals surface area contributed by atoms with Gasteiger partial charge in [-0.25, -0.2) is 0 Å². The second-order valence-corrected chi connectivity index (χ2v) is 8.89. The molecule has 1 fully saturated rings. The molecule has 2 heteroatoms. The fourth-order valence-corrected chi connectivity index (χ4v) is 4.25. The number of aliphatic hydroxyl groups excluding tert-OH is 1. The van der Waals surface area contributed by atoms with Crippen LogP contribution in [0.15, 0.2) is 30.3 Å². The highest BCUT2D eigenvalue weighted by atomic mass is 16.5. The topological polar surface area (TPSA) is 29.5 Å². The number of hydrogen-bond donors (Lipinski definition) is 1. The van der Waals surface area contributed by atoms with Crippen LogP contribution in [0.25, 0.3) is 0 Å². The van der Waals surface area contributed by atoms with E-state index in [-0.39, 0.29) is 0 Å². The number of benzene rings is 1. The Morgan fingerprint density at radius 2 is 1.46 bits per heavy atom. The Morgan fingerprint density at radius 3 is 2.11 bits per heavy atom. The molecule has 2 atom stereocenters. The minimum Gasteiger partial charge on any atom is -0.396 e. The van der Waals surface area contributed by atoms with Crippen molar-refractivity contribution in [1.82, 2.24) is 0 Å². The minimum atomic E-state index is 0.394. The Balaban J connectivity index is 1.62. The first-order valence-electron chi connectivity index (χ1n) is 12.1. The van der Waals surface area contributed by atoms with Crippen molar-refractivity contribution in [3.8, 4) is 0 Å². The summed E-state index contributed by atoms with van der Waals surface area (Å²) in [7, 11) is 0. The van der Waals surface area contributed by atoms with E-state index in [0.717, 1.165) is 12.5 Å². The summed E-state index contributed by atoms with van der Waals surface area (Å²) < 4.78 is 6.31. The molecule has 0 aliphatic heterocycles. The monoisotopic (exact) mass is 388 g/mol. The molecule has 1 aromatic rings. The standard InChI is InChI=1S/C26H44O2/c1-2-3-4-5-6-12-17-26(28-22-23-14-9-7-10-15-23)18-13-8-11-16-25(21-27)24-19-20-24/h7,9-10,14-15,24-27H,2-6,8,11-13,16-22H2,1H3. The van der Waals surface area contributed by atoms with Crippen LogP contribution >= 0.6 is 0 Å². The lowest BCUT2D eigenvalue weighted by Crippen LogP contribution is -2.13. The van der Waals surface area contributed by atoms with Gasteiger partial charge in [0.25, 0.3) is 0 Å². The number of rotatable bonds is 18. The van der Waals surface area contributed by atoms with Crippen LogP contribution in [0, 0.1) is 11.8 Å². The Morgan fingerprint density at radius 1 is 0.857 bits per heavy atom. The van der Waals surface area contributed by atoms with Crippen LogP contribution in [0.4, 0.5) is 0 Å². The smallest absolute Gasteiger partial charge is 0.0720 e. The van der Waals surface area contributed by atoms with Gasteiger partial charge in [0, 0.05) is 6.61 Å². The maximum absolute atomic E-state index is 9.51. The zero-order valence-corrected chi connectivity index (χ0v) is 18.3. The maximum Gasteiger partial charge on any atom is 0.0720 e. The lowest BCUT2D eigenvalue weighted by molar-refractivity contribution is 0.0260. The zero-order chi connectivity index (χ0) is 19.9. The molecule has 1 saturated carbocycles. The van der Waals surface area contributed by atoms with E-state index >= 15 is 0 Å². The normalized spacial score (nSPS) is 16.2. The van der Waals surface area contributed by atoms with Crippen LogP contribution in [0.1, 0.15) is 102 Å². The first-order chi connectivity index (χ1) is 13.8. The number of ether oxygens (including phenoxy) is 1. The van der Waals surface area contributed by atoms with Crippen LogP contribution in [0.5, 0.6) is 0 Å². The fourth-order valence-electron chi connectivity index (χ4n) is 4.25. The van der Waals surface area contributed by atoms with Gasteiger partial charge in [-0.1, -0.05) is 95.0 Å². The van der Waals surface area contributed by atoms with Gasteiger partial charge in [0.05, 0.1) is 12.7 Å². The summed E-state index contributed by atoms with van der Waals surface area (Å²) in [4.78, 5) is 0. The summed E-state index contributed by atoms with van der Waals surface area (Å²) >= 11 is 0. The first kappa shape index (κ1) is 23.4. The molecule has 1 aliphatic rings. The molecule has 0 bridgehead atoms. The van der Waals surface area contributed by atoms with Crippen molar-refractivity contribution in [1.29, 1.82) is 0 Å². The molecule has 2 rings (SSSR count). The van der Waals surface area contributed by atoms with E-state index in [9.17, 15) is 5.11 Å². The molecule has 0 amide bonds. The molecule has 160 valence electrons. The second kappa shape index (κ2) is 15.0. The van der Waals surface area contributed by atoms with E-state index in [1.807, 2.05) is 0 Å². The third-order valence-electron chi connectivity index (χ3n) is 6.33. The summed E-state index contributed by atoms with van der Waals surface area (Å²) in [6.07, 6.45) is 18.6. The van der Waals surface area contributed by atoms with E-state index < -0.39 is 0 Å². The highest BCUT2D eigenvalue weighted by molar-refractivity contribution is 5.13. The maximum atomic E-state index is 9.51. The molecule has 2 nitrogen and oxygen atoms in total. The molecular weight excluding hydrogens is 344 g/mol. The quantitative estimate of drug-likeness (QED) is 0.267. The second-order valence-electron chi connectivity index (χ2n) is 8.89. The third-order valence-corrected chi connectivity index (χ3v) is 6.33. The summed E-state index contributed by atoms with van der Waals surface area (Å²) in [5.41, 5.74) is 1.28. The van der Waals surface area contributed by atoms with Gasteiger partial charge in [0.15, 0.2) is 0 Å². The summed E-state index contributed by atoms with van der Waals surface area (Å²) in [5, 5.41) is 9.51. The van der Waals surface area contributed by atoms with Crippen molar-refractivity contribution in [2.75, 3.05) is 6.61 Å². The number of unbranched alkanes of at least 4 members (excludes halogenated alkanes) is 7. The Labute approximate surface area is 174 Å². The van der Waals surface area contributed by atoms with Crippen molar-refractivity contribution >= 4 is 0 Å². The van der Waals surface area contributed by atoms with Crippen LogP contribution < -0.4 is 0 Å². The van der Waals surface area contributed by atoms with E-state index in [2.05, 4.69) is 37.3 Å². The summed E-state index contributed by atoms with van der Waals surface area (Å²) in [6.45, 7) is 3.42. The predicted octanol–water partition coefficient (Wildman–Crippen LogP) is 7.29. The molecule has 0 aromatic heterocycles. The van der Waals surface area contributed by atoms with Crippen LogP contribution in [-0.2, 0) is 11.3 Å². The Hall–Kier alpha value is -0.860. The number of hydrogen-bond acceptors (Lipinski definition) is 2. The molecule has 28 heavy (non-hydrogen) atoms. The lowest BCUT2D eigenvalue weighted by Gasteiger charge is -2.19. The largest absolute Gasteiger partial charge is 0.396 e. The summed E-state index contributed by atoms with van der Waals surface area (Å²) in [6, 6.07) is 10.6. The van der Waals surface area contributed by atoms with Crippen molar-refractivity contribution in [3.05, 3.63) is 35.9 Å². The molecule has 1 aromatic carbocycles. The average Bonchev–Trinajstić information content (AvgIpc) is 3.56. The zero-order valence-electron chi connectivity index (χ0n) is 18.3. The van der Waals surface area contributed by atoms with Gasteiger partial charge in [-0.05, 0) is 49.5 Å². The third kappa shape index (κ3) is 10.6. The van der Waals surface area contributed by atoms with E-state index in [0.29, 0.717) is 18.6 Å². The molecule has 0 spiro atoms. The van der Waals surface area contributed by atoms with E-state index in [1.165, 1.54) is 95.5 Å². The fraction of sp³-hybridized carbons (Fsp3) is 0.769. The van der Waals surface area contributed by atoms with Gasteiger partial charge < -0.3 is 9.84 Å². The minimum absolute atomic E-state index is 0.394. The van der Waals surface area contributed by atoms with Crippen molar-refractivity contribution in [2.45, 2.75) is 110 Å². The van der Waals surface area contributed by atoms with E-state index in [1.54, 1.807) is 0 Å². The van der Waals surface area contributed by atoms with Gasteiger partial charge in [-0.3, -0.25) is 0 Å². The molecule has 0 radical (unpaired) electrons. The first-order valence-corrected chi connectivity index (χ1v) is 12.1. The van der Waals surface area contributed by atoms with Gasteiger partial charge in [-0.2, -0.15) is 0 Å². The van der Waals surface area contributed by atoms with Gasteiger partial charge in [0.1, 0.15) is 0 Å². The molecule has 1 aliphatic carbocycles. The van der Waals surface area contributed by atoms with Crippen molar-refractivity contribution in [3.63, 3.8) is 0 Å². The van der Waals surface area contributed by atoms with Gasteiger partial charge in [0.2, 0.25) is 0 Å². The van der Waals surface area contributed by atoms with Gasteiger partial charge in [-0.15, -0.1) is 0 Å². The highest BCUT2D eigenvalue weighted by Gasteiger charge is 2.29. The molecule has 1 N–H and O–H groups in total. The van der Waals surface area contributed by atoms with Crippen LogP contribution in [0.3, 0.4) is 0 Å². The summed E-state index contributed by atoms with van der Waals surface area (Å²) in [5.74, 6) is 1.41. The van der Waals surface area contributed by atoms with Crippen LogP contribution in [-0.4, -0.2) is 17.8 Å². The Bertz CT molecular complexity index is 469. The predicted molar refractivity (Wildman–Crippen MR) is 119 cm³/mol. The van der Waals surface area contributed by atoms with Crippen molar-refractivity contribution < 1.29 is 9.84 Å². The molecule has 2 unspecified atom stereocenters. The van der Waals surface area contributed by atoms with Gasteiger partial charge >= 0.3 is 0 Å². The van der Waals surface area contributed by atoms with E-state index in [4.69, 9.17) is 4.74 Å².